The van der Waals surface area contributed by atoms with Crippen molar-refractivity contribution < 1.29 is 35.1 Å². The van der Waals surface area contributed by atoms with Gasteiger partial charge in [-0.25, -0.2) is 17.6 Å². The van der Waals surface area contributed by atoms with Crippen LogP contribution in [0.25, 0.3) is 32.0 Å². The number of pyridine rings is 2. The first-order chi connectivity index (χ1) is 14.2. The first kappa shape index (κ1) is 20.4. The van der Waals surface area contributed by atoms with Crippen LogP contribution in [0.15, 0.2) is 22.9 Å². The van der Waals surface area contributed by atoms with Crippen molar-refractivity contribution in [3.8, 4) is 32.0 Å². The molecule has 154 valence electrons. The smallest absolute Gasteiger partial charge is 0.201 e. The second-order valence-electron chi connectivity index (χ2n) is 5.72. The molecule has 0 radical (unpaired) electrons. The fourth-order valence-corrected chi connectivity index (χ4v) is 4.69. The zero-order valence-electron chi connectivity index (χ0n) is 14.0. The monoisotopic (exact) mass is 464 g/mol. The Morgan fingerprint density at radius 1 is 0.500 bits per heavy atom. The predicted octanol–water partition coefficient (Wildman–Crippen LogP) is 6.71. The maximum atomic E-state index is 14.2. The van der Waals surface area contributed by atoms with E-state index in [-0.39, 0.29) is 20.9 Å². The van der Waals surface area contributed by atoms with Crippen LogP contribution < -0.4 is 0 Å². The molecule has 0 saturated heterocycles. The SMILES string of the molecule is Fc1nc(F)c(F)c(-c2sccc2-c2ccsc2-c2c(F)c(F)nc(F)c2F)c1F. The Kier molecular flexibility index (Phi) is 5.06. The van der Waals surface area contributed by atoms with E-state index in [2.05, 4.69) is 9.97 Å². The molecule has 0 aliphatic rings. The summed E-state index contributed by atoms with van der Waals surface area (Å²) in [6.07, 6.45) is 0. The molecule has 0 unspecified atom stereocenters. The number of hydrogen-bond acceptors (Lipinski definition) is 4. The molecule has 30 heavy (non-hydrogen) atoms. The largest absolute Gasteiger partial charge is 0.252 e. The first-order valence-electron chi connectivity index (χ1n) is 7.78. The molecule has 0 aromatic carbocycles. The van der Waals surface area contributed by atoms with Crippen molar-refractivity contribution in [3.63, 3.8) is 0 Å². The lowest BCUT2D eigenvalue weighted by Crippen LogP contribution is -2.03. The van der Waals surface area contributed by atoms with E-state index < -0.39 is 58.2 Å². The molecule has 0 N–H and O–H groups in total. The fourth-order valence-electron chi connectivity index (χ4n) is 2.80. The summed E-state index contributed by atoms with van der Waals surface area (Å²) in [6, 6.07) is 2.54. The Hall–Kier alpha value is -2.86. The number of aromatic nitrogens is 2. The lowest BCUT2D eigenvalue weighted by Gasteiger charge is -2.10. The molecule has 0 spiro atoms. The zero-order valence-corrected chi connectivity index (χ0v) is 15.7. The summed E-state index contributed by atoms with van der Waals surface area (Å²) in [5, 5.41) is 2.61. The van der Waals surface area contributed by atoms with Crippen LogP contribution in [-0.4, -0.2) is 9.97 Å². The molecule has 0 amide bonds. The summed E-state index contributed by atoms with van der Waals surface area (Å²) in [4.78, 5) is 4.32. The number of rotatable bonds is 3. The van der Waals surface area contributed by atoms with Crippen LogP contribution in [0.2, 0.25) is 0 Å². The molecule has 4 heterocycles. The van der Waals surface area contributed by atoms with Crippen molar-refractivity contribution in [1.82, 2.24) is 9.97 Å². The summed E-state index contributed by atoms with van der Waals surface area (Å²) in [5.74, 6) is -14.6. The highest BCUT2D eigenvalue weighted by Gasteiger charge is 2.29. The van der Waals surface area contributed by atoms with Crippen LogP contribution in [0.5, 0.6) is 0 Å². The molecule has 4 aromatic rings. The summed E-state index contributed by atoms with van der Waals surface area (Å²) >= 11 is 1.36. The van der Waals surface area contributed by atoms with Gasteiger partial charge >= 0.3 is 0 Å². The van der Waals surface area contributed by atoms with Crippen molar-refractivity contribution in [2.75, 3.05) is 0 Å². The zero-order chi connectivity index (χ0) is 21.7. The Morgan fingerprint density at radius 2 is 0.800 bits per heavy atom. The van der Waals surface area contributed by atoms with Crippen LogP contribution in [0.3, 0.4) is 0 Å². The molecule has 0 aliphatic heterocycles. The lowest BCUT2D eigenvalue weighted by atomic mass is 10.0. The van der Waals surface area contributed by atoms with E-state index in [4.69, 9.17) is 0 Å². The Morgan fingerprint density at radius 3 is 1.10 bits per heavy atom. The molecule has 4 aromatic heterocycles. The summed E-state index contributed by atoms with van der Waals surface area (Å²) in [6.45, 7) is 0. The van der Waals surface area contributed by atoms with Gasteiger partial charge in [-0.05, 0) is 22.9 Å². The van der Waals surface area contributed by atoms with E-state index >= 15 is 0 Å². The van der Waals surface area contributed by atoms with Gasteiger partial charge in [-0.1, -0.05) is 0 Å². The fraction of sp³-hybridized carbons (Fsp3) is 0. The standard InChI is InChI=1S/C18H4F8N2S2/c19-9-7(10(20)16(24)27-15(9)23)13-5(1-3-29-13)6-2-4-30-14(6)8-11(21)17(25)28-18(26)12(8)22/h1-4H. The number of hydrogen-bond donors (Lipinski definition) is 0. The van der Waals surface area contributed by atoms with Crippen molar-refractivity contribution in [2.24, 2.45) is 0 Å². The third-order valence-corrected chi connectivity index (χ3v) is 5.93. The first-order valence-corrected chi connectivity index (χ1v) is 9.54. The number of halogens is 8. The Bertz CT molecular complexity index is 1150. The summed E-state index contributed by atoms with van der Waals surface area (Å²) in [7, 11) is 0. The lowest BCUT2D eigenvalue weighted by molar-refractivity contribution is 0.411. The van der Waals surface area contributed by atoms with Gasteiger partial charge in [0.15, 0.2) is 23.3 Å². The maximum Gasteiger partial charge on any atom is 0.252 e. The Balaban J connectivity index is 1.99. The van der Waals surface area contributed by atoms with Gasteiger partial charge in [0.05, 0.1) is 11.1 Å². The maximum absolute atomic E-state index is 14.2. The van der Waals surface area contributed by atoms with E-state index in [1.807, 2.05) is 0 Å². The topological polar surface area (TPSA) is 25.8 Å². The summed E-state index contributed by atoms with van der Waals surface area (Å²) < 4.78 is 111. The van der Waals surface area contributed by atoms with Crippen molar-refractivity contribution in [3.05, 3.63) is 70.0 Å². The van der Waals surface area contributed by atoms with Crippen LogP contribution in [0, 0.1) is 47.1 Å². The molecular weight excluding hydrogens is 460 g/mol. The van der Waals surface area contributed by atoms with Crippen LogP contribution in [0.1, 0.15) is 0 Å². The van der Waals surface area contributed by atoms with E-state index in [0.717, 1.165) is 0 Å². The molecule has 0 atom stereocenters. The molecule has 0 saturated carbocycles. The van der Waals surface area contributed by atoms with Gasteiger partial charge in [-0.15, -0.1) is 22.7 Å². The molecule has 4 rings (SSSR count). The second kappa shape index (κ2) is 7.43. The van der Waals surface area contributed by atoms with Gasteiger partial charge < -0.3 is 0 Å². The number of thiophene rings is 2. The highest BCUT2D eigenvalue weighted by molar-refractivity contribution is 7.15. The van der Waals surface area contributed by atoms with Crippen molar-refractivity contribution in [1.29, 1.82) is 0 Å². The molecule has 0 bridgehead atoms. The number of nitrogens with zero attached hydrogens (tertiary/aromatic N) is 2. The van der Waals surface area contributed by atoms with Crippen LogP contribution in [0.4, 0.5) is 35.1 Å². The van der Waals surface area contributed by atoms with E-state index in [9.17, 15) is 35.1 Å². The molecular formula is C18H4F8N2S2. The average molecular weight is 464 g/mol. The molecule has 12 heteroatoms. The molecule has 0 aliphatic carbocycles. The van der Waals surface area contributed by atoms with Crippen molar-refractivity contribution in [2.45, 2.75) is 0 Å². The van der Waals surface area contributed by atoms with Gasteiger partial charge in [-0.3, -0.25) is 0 Å². The van der Waals surface area contributed by atoms with Gasteiger partial charge in [0.25, 0.3) is 23.8 Å². The van der Waals surface area contributed by atoms with E-state index in [1.165, 1.54) is 22.9 Å². The van der Waals surface area contributed by atoms with E-state index in [1.54, 1.807) is 0 Å². The van der Waals surface area contributed by atoms with Gasteiger partial charge in [-0.2, -0.15) is 27.5 Å². The van der Waals surface area contributed by atoms with Gasteiger partial charge in [0.1, 0.15) is 0 Å². The van der Waals surface area contributed by atoms with Gasteiger partial charge in [0, 0.05) is 20.9 Å². The van der Waals surface area contributed by atoms with Crippen molar-refractivity contribution >= 4 is 22.7 Å². The molecule has 0 fully saturated rings. The van der Waals surface area contributed by atoms with Crippen LogP contribution >= 0.6 is 22.7 Å². The molecule has 2 nitrogen and oxygen atoms in total. The Labute approximate surface area is 170 Å². The third-order valence-electron chi connectivity index (χ3n) is 4.07. The third kappa shape index (κ3) is 3.06. The van der Waals surface area contributed by atoms with Gasteiger partial charge in [0.2, 0.25) is 0 Å². The minimum atomic E-state index is -1.89. The quantitative estimate of drug-likeness (QED) is 0.249. The normalized spacial score (nSPS) is 11.3. The minimum absolute atomic E-state index is 0.0736. The predicted molar refractivity (Wildman–Crippen MR) is 93.8 cm³/mol. The van der Waals surface area contributed by atoms with Crippen LogP contribution in [-0.2, 0) is 0 Å². The average Bonchev–Trinajstić information content (AvgIpc) is 3.35. The second-order valence-corrected chi connectivity index (χ2v) is 7.55. The highest BCUT2D eigenvalue weighted by atomic mass is 32.1. The highest BCUT2D eigenvalue weighted by Crippen LogP contribution is 2.46. The minimum Gasteiger partial charge on any atom is -0.201 e. The summed E-state index contributed by atoms with van der Waals surface area (Å²) in [5.41, 5.74) is -2.30. The van der Waals surface area contributed by atoms with E-state index in [0.29, 0.717) is 22.7 Å².